The van der Waals surface area contributed by atoms with Gasteiger partial charge in [-0.2, -0.15) is 0 Å². The van der Waals surface area contributed by atoms with Gasteiger partial charge in [-0.05, 0) is 43.4 Å². The predicted octanol–water partition coefficient (Wildman–Crippen LogP) is 2.31. The number of rotatable bonds is 5. The number of carbonyl (C=O) groups is 3. The van der Waals surface area contributed by atoms with Crippen LogP contribution in [0.1, 0.15) is 31.4 Å². The van der Waals surface area contributed by atoms with Crippen LogP contribution in [0.15, 0.2) is 42.5 Å². The summed E-state index contributed by atoms with van der Waals surface area (Å²) < 4.78 is 11.9. The van der Waals surface area contributed by atoms with Crippen molar-refractivity contribution in [3.63, 3.8) is 0 Å². The third-order valence-electron chi connectivity index (χ3n) is 7.91. The monoisotopic (exact) mass is 494 g/mol. The summed E-state index contributed by atoms with van der Waals surface area (Å²) >= 11 is 0. The van der Waals surface area contributed by atoms with Gasteiger partial charge in [0.1, 0.15) is 24.2 Å². The number of esters is 1. The first kappa shape index (κ1) is 24.7. The molecule has 8 nitrogen and oxygen atoms in total. The molecule has 0 aromatic heterocycles. The van der Waals surface area contributed by atoms with Crippen molar-refractivity contribution in [2.45, 2.75) is 57.9 Å². The summed E-state index contributed by atoms with van der Waals surface area (Å²) in [5.74, 6) is -2.71. The van der Waals surface area contributed by atoms with Crippen LogP contribution in [0.25, 0.3) is 0 Å². The molecule has 0 radical (unpaired) electrons. The highest BCUT2D eigenvalue weighted by atomic mass is 16.6. The maximum atomic E-state index is 14.5. The molecule has 1 unspecified atom stereocenters. The fourth-order valence-corrected chi connectivity index (χ4v) is 6.55. The highest BCUT2D eigenvalue weighted by Gasteiger charge is 2.72. The molecule has 2 fully saturated rings. The molecule has 192 valence electrons. The highest BCUT2D eigenvalue weighted by molar-refractivity contribution is 6.06. The van der Waals surface area contributed by atoms with E-state index in [4.69, 9.17) is 9.47 Å². The van der Waals surface area contributed by atoms with E-state index in [9.17, 15) is 19.5 Å². The number of carbonyl (C=O) groups excluding carboxylic acids is 3. The van der Waals surface area contributed by atoms with Crippen molar-refractivity contribution in [3.05, 3.63) is 53.6 Å². The van der Waals surface area contributed by atoms with E-state index >= 15 is 0 Å². The lowest BCUT2D eigenvalue weighted by Gasteiger charge is -2.39. The van der Waals surface area contributed by atoms with Crippen molar-refractivity contribution in [3.8, 4) is 0 Å². The second kappa shape index (κ2) is 9.16. The van der Waals surface area contributed by atoms with Crippen molar-refractivity contribution in [1.82, 2.24) is 4.90 Å². The van der Waals surface area contributed by atoms with Crippen LogP contribution in [-0.2, 0) is 23.9 Å². The number of aliphatic hydroxyl groups is 1. The molecule has 1 aromatic rings. The van der Waals surface area contributed by atoms with E-state index in [-0.39, 0.29) is 30.9 Å². The third kappa shape index (κ3) is 3.61. The Morgan fingerprint density at radius 1 is 1.11 bits per heavy atom. The number of hydrogen-bond acceptors (Lipinski definition) is 6. The number of hydrogen-bond donors (Lipinski definition) is 1. The van der Waals surface area contributed by atoms with E-state index in [0.29, 0.717) is 13.0 Å². The lowest BCUT2D eigenvalue weighted by atomic mass is 9.78. The Bertz CT molecular complexity index is 1120. The van der Waals surface area contributed by atoms with Crippen LogP contribution < -0.4 is 4.90 Å². The normalized spacial score (nSPS) is 32.2. The maximum absolute atomic E-state index is 14.5. The SMILES string of the molecule is Cc1cccc(C)c1N1CC=C[C@]23O[C@@H]4C=CCOC(=O)[C@@H]4[C@H]2C(=O)N([C@@H](CO)CC(C)C)C3C1=O. The molecule has 0 bridgehead atoms. The average molecular weight is 495 g/mol. The molecule has 4 heterocycles. The molecular formula is C28H34N2O6. The largest absolute Gasteiger partial charge is 0.461 e. The Morgan fingerprint density at radius 3 is 2.50 bits per heavy atom. The third-order valence-corrected chi connectivity index (χ3v) is 7.91. The topological polar surface area (TPSA) is 96.4 Å². The van der Waals surface area contributed by atoms with Crippen LogP contribution in [0.5, 0.6) is 0 Å². The van der Waals surface area contributed by atoms with Gasteiger partial charge in [-0.25, -0.2) is 0 Å². The van der Waals surface area contributed by atoms with Crippen molar-refractivity contribution in [2.75, 3.05) is 24.7 Å². The Morgan fingerprint density at radius 2 is 1.83 bits per heavy atom. The number of cyclic esters (lactones) is 1. The van der Waals surface area contributed by atoms with Crippen molar-refractivity contribution in [1.29, 1.82) is 0 Å². The summed E-state index contributed by atoms with van der Waals surface area (Å²) in [5.41, 5.74) is 1.37. The number of likely N-dealkylation sites (tertiary alicyclic amines) is 1. The van der Waals surface area contributed by atoms with Gasteiger partial charge in [0.2, 0.25) is 5.91 Å². The molecule has 8 heteroatoms. The molecule has 36 heavy (non-hydrogen) atoms. The number of anilines is 1. The van der Waals surface area contributed by atoms with Gasteiger partial charge in [0, 0.05) is 12.2 Å². The van der Waals surface area contributed by atoms with Gasteiger partial charge in [-0.1, -0.05) is 50.3 Å². The Balaban J connectivity index is 1.67. The van der Waals surface area contributed by atoms with Gasteiger partial charge in [0.25, 0.3) is 5.91 Å². The van der Waals surface area contributed by atoms with Crippen LogP contribution in [-0.4, -0.2) is 71.3 Å². The van der Waals surface area contributed by atoms with E-state index in [1.54, 1.807) is 17.1 Å². The lowest BCUT2D eigenvalue weighted by Crippen LogP contribution is -2.58. The van der Waals surface area contributed by atoms with Crippen molar-refractivity contribution < 1.29 is 29.0 Å². The van der Waals surface area contributed by atoms with Gasteiger partial charge in [0.15, 0.2) is 0 Å². The summed E-state index contributed by atoms with van der Waals surface area (Å²) in [4.78, 5) is 44.9. The summed E-state index contributed by atoms with van der Waals surface area (Å²) in [6, 6.07) is 4.27. The minimum atomic E-state index is -1.33. The standard InChI is InChI=1S/C28H34N2O6/c1-16(2)14-19(15-31)30-24-26(33)29(23-17(3)8-5-9-18(23)4)12-7-11-28(24)22(25(30)32)21-20(36-28)10-6-13-35-27(21)34/h5-11,16,19-22,24,31H,12-15H2,1-4H3/t19-,20-,21+,22+,24?,28+/m1/s1. The summed E-state index contributed by atoms with van der Waals surface area (Å²) in [6.07, 6.45) is 7.01. The minimum Gasteiger partial charge on any atom is -0.461 e. The van der Waals surface area contributed by atoms with Gasteiger partial charge in [-0.15, -0.1) is 0 Å². The number of amides is 2. The van der Waals surface area contributed by atoms with Gasteiger partial charge in [-0.3, -0.25) is 14.4 Å². The fourth-order valence-electron chi connectivity index (χ4n) is 6.55. The number of ether oxygens (including phenoxy) is 2. The molecular weight excluding hydrogens is 460 g/mol. The molecule has 1 spiro atoms. The first-order valence-corrected chi connectivity index (χ1v) is 12.7. The molecule has 4 aliphatic rings. The van der Waals surface area contributed by atoms with Gasteiger partial charge < -0.3 is 24.4 Å². The molecule has 2 amide bonds. The van der Waals surface area contributed by atoms with Crippen LogP contribution >= 0.6 is 0 Å². The number of aliphatic hydroxyl groups excluding tert-OH is 1. The predicted molar refractivity (Wildman–Crippen MR) is 133 cm³/mol. The van der Waals surface area contributed by atoms with Crippen LogP contribution in [0.2, 0.25) is 0 Å². The number of aryl methyl sites for hydroxylation is 2. The molecule has 1 N–H and O–H groups in total. The number of nitrogens with zero attached hydrogens (tertiary/aromatic N) is 2. The Labute approximate surface area is 211 Å². The first-order valence-electron chi connectivity index (χ1n) is 12.7. The fraction of sp³-hybridized carbons (Fsp3) is 0.536. The van der Waals surface area contributed by atoms with Gasteiger partial charge >= 0.3 is 5.97 Å². The van der Waals surface area contributed by atoms with Crippen molar-refractivity contribution >= 4 is 23.5 Å². The molecule has 6 atom stereocenters. The zero-order valence-corrected chi connectivity index (χ0v) is 21.2. The molecule has 5 rings (SSSR count). The summed E-state index contributed by atoms with van der Waals surface area (Å²) in [5, 5.41) is 10.4. The van der Waals surface area contributed by atoms with E-state index in [2.05, 4.69) is 0 Å². The van der Waals surface area contributed by atoms with E-state index in [1.807, 2.05) is 58.0 Å². The quantitative estimate of drug-likeness (QED) is 0.499. The second-order valence-corrected chi connectivity index (χ2v) is 10.7. The second-order valence-electron chi connectivity index (χ2n) is 10.7. The average Bonchev–Trinajstić information content (AvgIpc) is 3.13. The van der Waals surface area contributed by atoms with Crippen LogP contribution in [0.4, 0.5) is 5.69 Å². The summed E-state index contributed by atoms with van der Waals surface area (Å²) in [7, 11) is 0. The molecule has 1 aromatic carbocycles. The molecule has 0 saturated carbocycles. The van der Waals surface area contributed by atoms with E-state index in [1.165, 1.54) is 4.90 Å². The number of benzene rings is 1. The van der Waals surface area contributed by atoms with Crippen molar-refractivity contribution in [2.24, 2.45) is 17.8 Å². The van der Waals surface area contributed by atoms with Crippen LogP contribution in [0, 0.1) is 31.6 Å². The minimum absolute atomic E-state index is 0.123. The number of fused-ring (bicyclic) bond motifs is 2. The molecule has 2 saturated heterocycles. The smallest absolute Gasteiger partial charge is 0.313 e. The van der Waals surface area contributed by atoms with E-state index in [0.717, 1.165) is 16.8 Å². The Hall–Kier alpha value is -2.97. The van der Waals surface area contributed by atoms with E-state index < -0.39 is 41.6 Å². The highest BCUT2D eigenvalue weighted by Crippen LogP contribution is 2.54. The lowest BCUT2D eigenvalue weighted by molar-refractivity contribution is -0.153. The van der Waals surface area contributed by atoms with Gasteiger partial charge in [0.05, 0.1) is 24.7 Å². The maximum Gasteiger partial charge on any atom is 0.313 e. The molecule has 4 aliphatic heterocycles. The van der Waals surface area contributed by atoms with Crippen LogP contribution in [0.3, 0.4) is 0 Å². The number of para-hydroxylation sites is 1. The Kier molecular flexibility index (Phi) is 6.29. The zero-order valence-electron chi connectivity index (χ0n) is 21.2. The zero-order chi connectivity index (χ0) is 25.8. The summed E-state index contributed by atoms with van der Waals surface area (Å²) in [6.45, 7) is 8.08. The first-order chi connectivity index (χ1) is 17.2. The molecule has 0 aliphatic carbocycles.